The summed E-state index contributed by atoms with van der Waals surface area (Å²) in [5.41, 5.74) is -1.16. The van der Waals surface area contributed by atoms with Gasteiger partial charge in [-0.05, 0) is 19.1 Å². The molecular formula is C11H14ClN3O4S. The number of aliphatic hydroxyl groups excluding tert-OH is 1. The van der Waals surface area contributed by atoms with E-state index in [1.807, 2.05) is 0 Å². The van der Waals surface area contributed by atoms with Gasteiger partial charge in [0.15, 0.2) is 10.2 Å². The number of sulfonamides is 1. The number of hydrogen-bond donors (Lipinski definition) is 3. The van der Waals surface area contributed by atoms with Gasteiger partial charge in [-0.3, -0.25) is 4.40 Å². The van der Waals surface area contributed by atoms with Crippen molar-refractivity contribution in [3.63, 3.8) is 0 Å². The summed E-state index contributed by atoms with van der Waals surface area (Å²) in [4.78, 5) is 3.94. The van der Waals surface area contributed by atoms with Crippen LogP contribution in [0.1, 0.15) is 6.92 Å². The minimum atomic E-state index is -3.97. The van der Waals surface area contributed by atoms with Crippen molar-refractivity contribution in [2.24, 2.45) is 0 Å². The van der Waals surface area contributed by atoms with Crippen molar-refractivity contribution in [3.05, 3.63) is 29.5 Å². The van der Waals surface area contributed by atoms with E-state index in [2.05, 4.69) is 9.71 Å². The van der Waals surface area contributed by atoms with Crippen molar-refractivity contribution in [3.8, 4) is 0 Å². The van der Waals surface area contributed by atoms with Crippen molar-refractivity contribution in [1.82, 2.24) is 14.1 Å². The number of nitrogens with one attached hydrogen (secondary N) is 1. The zero-order chi connectivity index (χ0) is 15.0. The third kappa shape index (κ3) is 2.94. The number of aliphatic hydroxyl groups is 2. The first-order valence-electron chi connectivity index (χ1n) is 5.72. The van der Waals surface area contributed by atoms with Gasteiger partial charge >= 0.3 is 0 Å². The van der Waals surface area contributed by atoms with Gasteiger partial charge in [-0.15, -0.1) is 0 Å². The molecule has 0 aliphatic heterocycles. The standard InChI is InChI=1S/C11H14ClN3O4S/c1-11(17,7-16)6-13-20(18,19)10-9(12)14-8-4-2-3-5-15(8)10/h2-5,13,16-17H,6-7H2,1H3. The van der Waals surface area contributed by atoms with E-state index in [0.717, 1.165) is 0 Å². The van der Waals surface area contributed by atoms with Crippen LogP contribution in [0.4, 0.5) is 0 Å². The summed E-state index contributed by atoms with van der Waals surface area (Å²) in [6.07, 6.45) is 1.52. The van der Waals surface area contributed by atoms with Crippen LogP contribution in [0, 0.1) is 0 Å². The lowest BCUT2D eigenvalue weighted by Crippen LogP contribution is -2.43. The van der Waals surface area contributed by atoms with Crippen LogP contribution in [-0.2, 0) is 10.0 Å². The largest absolute Gasteiger partial charge is 0.393 e. The third-order valence-corrected chi connectivity index (χ3v) is 4.48. The fourth-order valence-corrected chi connectivity index (χ4v) is 3.36. The van der Waals surface area contributed by atoms with Gasteiger partial charge in [0.1, 0.15) is 5.65 Å². The second kappa shape index (κ2) is 5.30. The highest BCUT2D eigenvalue weighted by Gasteiger charge is 2.28. The van der Waals surface area contributed by atoms with Crippen LogP contribution in [0.3, 0.4) is 0 Å². The molecule has 0 radical (unpaired) electrons. The second-order valence-electron chi connectivity index (χ2n) is 4.62. The Labute approximate surface area is 120 Å². The van der Waals surface area contributed by atoms with E-state index in [1.165, 1.54) is 17.5 Å². The quantitative estimate of drug-likeness (QED) is 0.720. The van der Waals surface area contributed by atoms with E-state index in [0.29, 0.717) is 5.65 Å². The minimum absolute atomic E-state index is 0.160. The number of hydrogen-bond acceptors (Lipinski definition) is 5. The van der Waals surface area contributed by atoms with Gasteiger partial charge in [-0.2, -0.15) is 0 Å². The maximum absolute atomic E-state index is 12.2. The van der Waals surface area contributed by atoms with E-state index in [-0.39, 0.29) is 16.7 Å². The van der Waals surface area contributed by atoms with Crippen LogP contribution in [0.2, 0.25) is 5.15 Å². The molecule has 2 rings (SSSR count). The topological polar surface area (TPSA) is 104 Å². The van der Waals surface area contributed by atoms with E-state index in [4.69, 9.17) is 16.7 Å². The smallest absolute Gasteiger partial charge is 0.259 e. The molecule has 1 unspecified atom stereocenters. The van der Waals surface area contributed by atoms with Gasteiger partial charge in [0.2, 0.25) is 0 Å². The summed E-state index contributed by atoms with van der Waals surface area (Å²) < 4.78 is 28.0. The number of nitrogens with zero attached hydrogens (tertiary/aromatic N) is 2. The summed E-state index contributed by atoms with van der Waals surface area (Å²) in [6, 6.07) is 4.97. The summed E-state index contributed by atoms with van der Waals surface area (Å²) >= 11 is 5.87. The van der Waals surface area contributed by atoms with Crippen molar-refractivity contribution in [2.45, 2.75) is 17.6 Å². The molecule has 110 valence electrons. The van der Waals surface area contributed by atoms with E-state index in [1.54, 1.807) is 18.2 Å². The van der Waals surface area contributed by atoms with E-state index >= 15 is 0 Å². The summed E-state index contributed by atoms with van der Waals surface area (Å²) in [7, 11) is -3.97. The monoisotopic (exact) mass is 319 g/mol. The fourth-order valence-electron chi connectivity index (χ4n) is 1.56. The van der Waals surface area contributed by atoms with Crippen LogP contribution in [0.5, 0.6) is 0 Å². The Balaban J connectivity index is 2.40. The number of rotatable bonds is 5. The molecular weight excluding hydrogens is 306 g/mol. The lowest BCUT2D eigenvalue weighted by Gasteiger charge is -2.20. The Morgan fingerprint density at radius 3 is 2.85 bits per heavy atom. The van der Waals surface area contributed by atoms with Gasteiger partial charge in [0.25, 0.3) is 10.0 Å². The molecule has 0 aliphatic carbocycles. The normalized spacial score (nSPS) is 15.4. The molecule has 0 bridgehead atoms. The zero-order valence-electron chi connectivity index (χ0n) is 10.6. The summed E-state index contributed by atoms with van der Waals surface area (Å²) in [5.74, 6) is 0. The molecule has 0 aliphatic rings. The number of fused-ring (bicyclic) bond motifs is 1. The first-order chi connectivity index (χ1) is 9.27. The van der Waals surface area contributed by atoms with Crippen molar-refractivity contribution in [1.29, 1.82) is 0 Å². The van der Waals surface area contributed by atoms with Gasteiger partial charge in [0, 0.05) is 12.7 Å². The first-order valence-corrected chi connectivity index (χ1v) is 7.58. The van der Waals surface area contributed by atoms with E-state index in [9.17, 15) is 13.5 Å². The fraction of sp³-hybridized carbons (Fsp3) is 0.364. The lowest BCUT2D eigenvalue weighted by atomic mass is 10.1. The Kier molecular flexibility index (Phi) is 4.03. The number of pyridine rings is 1. The summed E-state index contributed by atoms with van der Waals surface area (Å²) in [5, 5.41) is 18.2. The summed E-state index contributed by atoms with van der Waals surface area (Å²) in [6.45, 7) is 0.393. The van der Waals surface area contributed by atoms with Crippen molar-refractivity contribution < 1.29 is 18.6 Å². The van der Waals surface area contributed by atoms with Gasteiger partial charge < -0.3 is 10.2 Å². The predicted molar refractivity (Wildman–Crippen MR) is 73.1 cm³/mol. The molecule has 9 heteroatoms. The van der Waals surface area contributed by atoms with Gasteiger partial charge in [0.05, 0.1) is 12.2 Å². The molecule has 20 heavy (non-hydrogen) atoms. The SMILES string of the molecule is CC(O)(CO)CNS(=O)(=O)c1c(Cl)nc2ccccn12. The molecule has 0 aromatic carbocycles. The molecule has 2 aromatic rings. The highest BCUT2D eigenvalue weighted by atomic mass is 35.5. The average molecular weight is 320 g/mol. The Bertz CT molecular complexity index is 726. The van der Waals surface area contributed by atoms with Crippen molar-refractivity contribution >= 4 is 27.3 Å². The molecule has 0 amide bonds. The number of imidazole rings is 1. The average Bonchev–Trinajstić information content (AvgIpc) is 2.73. The lowest BCUT2D eigenvalue weighted by molar-refractivity contribution is 0.00680. The Morgan fingerprint density at radius 2 is 2.20 bits per heavy atom. The molecule has 3 N–H and O–H groups in total. The third-order valence-electron chi connectivity index (χ3n) is 2.68. The number of halogens is 1. The molecule has 0 saturated heterocycles. The van der Waals surface area contributed by atoms with Gasteiger partial charge in [-0.1, -0.05) is 17.7 Å². The highest BCUT2D eigenvalue weighted by Crippen LogP contribution is 2.22. The maximum atomic E-state index is 12.2. The Morgan fingerprint density at radius 1 is 1.50 bits per heavy atom. The maximum Gasteiger partial charge on any atom is 0.259 e. The van der Waals surface area contributed by atoms with Crippen LogP contribution < -0.4 is 4.72 Å². The van der Waals surface area contributed by atoms with Crippen LogP contribution in [0.15, 0.2) is 29.4 Å². The van der Waals surface area contributed by atoms with Gasteiger partial charge in [-0.25, -0.2) is 18.1 Å². The molecule has 0 fully saturated rings. The van der Waals surface area contributed by atoms with Crippen LogP contribution >= 0.6 is 11.6 Å². The van der Waals surface area contributed by atoms with Crippen molar-refractivity contribution in [2.75, 3.05) is 13.2 Å². The molecule has 1 atom stereocenters. The van der Waals surface area contributed by atoms with E-state index < -0.39 is 22.2 Å². The zero-order valence-corrected chi connectivity index (χ0v) is 12.2. The predicted octanol–water partition coefficient (Wildman–Crippen LogP) is 0.00930. The first kappa shape index (κ1) is 15.2. The van der Waals surface area contributed by atoms with Crippen LogP contribution in [0.25, 0.3) is 5.65 Å². The highest BCUT2D eigenvalue weighted by molar-refractivity contribution is 7.89. The van der Waals surface area contributed by atoms with Crippen LogP contribution in [-0.4, -0.2) is 46.8 Å². The molecule has 0 saturated carbocycles. The molecule has 0 spiro atoms. The minimum Gasteiger partial charge on any atom is -0.393 e. The number of aromatic nitrogens is 2. The second-order valence-corrected chi connectivity index (χ2v) is 6.66. The Hall–Kier alpha value is -1.19. The molecule has 2 aromatic heterocycles. The molecule has 7 nitrogen and oxygen atoms in total. The molecule has 2 heterocycles.